The third kappa shape index (κ3) is 34.3. The topological polar surface area (TPSA) is 228 Å². The standard InChI is InChI=1S/C63H117NO13/c1-3-5-7-9-11-13-15-17-18-19-20-21-22-23-24-25-26-27-28-29-30-31-32-33-34-35-37-39-41-43-45-47-55(68)64-51(52(67)46-44-42-40-38-36-16-14-12-10-8-6-4-2)50-74-62-60(73)58(71)61(54(49-66)76-62)77-63-59(72)57(70)56(69)53(48-65)75-63/h19-20,36,38,44,46,51-54,56-63,65-67,69-73H,3-18,21-35,37,39-43,45,47-50H2,1-2H3,(H,64,68)/b20-19-,38-36+,46-44+. The van der Waals surface area contributed by atoms with Gasteiger partial charge in [-0.1, -0.05) is 237 Å². The summed E-state index contributed by atoms with van der Waals surface area (Å²) in [4.78, 5) is 13.2. The molecule has 0 aromatic carbocycles. The zero-order valence-electron chi connectivity index (χ0n) is 48.7. The summed E-state index contributed by atoms with van der Waals surface area (Å²) in [5, 5.41) is 87.0. The van der Waals surface area contributed by atoms with Gasteiger partial charge >= 0.3 is 0 Å². The van der Waals surface area contributed by atoms with Gasteiger partial charge in [0.25, 0.3) is 0 Å². The molecule has 0 bridgehead atoms. The van der Waals surface area contributed by atoms with Crippen LogP contribution >= 0.6 is 0 Å². The Hall–Kier alpha value is -1.79. The second kappa shape index (κ2) is 48.9. The van der Waals surface area contributed by atoms with E-state index in [2.05, 4.69) is 43.5 Å². The second-order valence-electron chi connectivity index (χ2n) is 22.5. The molecule has 0 saturated carbocycles. The minimum absolute atomic E-state index is 0.247. The molecule has 0 spiro atoms. The first kappa shape index (κ1) is 71.3. The molecule has 2 saturated heterocycles. The second-order valence-corrected chi connectivity index (χ2v) is 22.5. The summed E-state index contributed by atoms with van der Waals surface area (Å²) in [6.07, 6.45) is 43.6. The van der Waals surface area contributed by atoms with Crippen molar-refractivity contribution in [2.24, 2.45) is 0 Å². The first-order valence-electron chi connectivity index (χ1n) is 31.7. The van der Waals surface area contributed by atoms with Gasteiger partial charge in [0.2, 0.25) is 5.91 Å². The number of allylic oxidation sites excluding steroid dienone is 5. The fourth-order valence-corrected chi connectivity index (χ4v) is 10.4. The molecule has 0 aromatic rings. The van der Waals surface area contributed by atoms with E-state index in [0.29, 0.717) is 12.8 Å². The molecule has 0 radical (unpaired) electrons. The van der Waals surface area contributed by atoms with Crippen molar-refractivity contribution in [2.75, 3.05) is 19.8 Å². The molecular weight excluding hydrogens is 979 g/mol. The molecule has 0 aromatic heterocycles. The van der Waals surface area contributed by atoms with Crippen molar-refractivity contribution in [3.63, 3.8) is 0 Å². The molecule has 77 heavy (non-hydrogen) atoms. The fourth-order valence-electron chi connectivity index (χ4n) is 10.4. The van der Waals surface area contributed by atoms with E-state index in [1.807, 2.05) is 6.08 Å². The maximum atomic E-state index is 13.2. The van der Waals surface area contributed by atoms with Crippen LogP contribution in [0.25, 0.3) is 0 Å². The van der Waals surface area contributed by atoms with Crippen LogP contribution in [0.1, 0.15) is 264 Å². The summed E-state index contributed by atoms with van der Waals surface area (Å²) in [5.41, 5.74) is 0. The number of rotatable bonds is 51. The Morgan fingerprint density at radius 2 is 0.831 bits per heavy atom. The molecule has 14 nitrogen and oxygen atoms in total. The maximum absolute atomic E-state index is 13.2. The predicted octanol–water partition coefficient (Wildman–Crippen LogP) is 11.4. The van der Waals surface area contributed by atoms with Gasteiger partial charge in [-0.15, -0.1) is 0 Å². The Balaban J connectivity index is 1.64. The molecule has 14 heteroatoms. The molecular formula is C63H117NO13. The van der Waals surface area contributed by atoms with Crippen LogP contribution in [0.4, 0.5) is 0 Å². The van der Waals surface area contributed by atoms with Crippen molar-refractivity contribution in [2.45, 2.75) is 338 Å². The number of aliphatic hydroxyl groups is 8. The van der Waals surface area contributed by atoms with Crippen LogP contribution in [0.15, 0.2) is 36.5 Å². The lowest BCUT2D eigenvalue weighted by Crippen LogP contribution is -2.65. The molecule has 2 fully saturated rings. The maximum Gasteiger partial charge on any atom is 0.220 e. The molecule has 0 aliphatic carbocycles. The van der Waals surface area contributed by atoms with E-state index in [1.54, 1.807) is 6.08 Å². The SMILES string of the molecule is CCCCCCCC/C=C/CC/C=C/C(O)C(COC1OC(CO)C(OC2OC(CO)C(O)C(O)C2O)C(O)C1O)NC(=O)CCCCCCCCCCCCCCCCCCCCC/C=C\CCCCCCCCCC. The van der Waals surface area contributed by atoms with Gasteiger partial charge < -0.3 is 65.1 Å². The number of ether oxygens (including phenoxy) is 4. The molecule has 2 aliphatic rings. The van der Waals surface area contributed by atoms with E-state index < -0.39 is 86.8 Å². The summed E-state index contributed by atoms with van der Waals surface area (Å²) in [7, 11) is 0. The summed E-state index contributed by atoms with van der Waals surface area (Å²) in [6, 6.07) is -0.928. The summed E-state index contributed by atoms with van der Waals surface area (Å²) in [6.45, 7) is 2.77. The number of nitrogens with one attached hydrogen (secondary N) is 1. The largest absolute Gasteiger partial charge is 0.394 e. The molecule has 12 unspecified atom stereocenters. The van der Waals surface area contributed by atoms with Gasteiger partial charge in [-0.2, -0.15) is 0 Å². The number of carbonyl (C=O) groups is 1. The highest BCUT2D eigenvalue weighted by atomic mass is 16.7. The number of aliphatic hydroxyl groups excluding tert-OH is 8. The van der Waals surface area contributed by atoms with Crippen molar-refractivity contribution in [3.8, 4) is 0 Å². The molecule has 2 aliphatic heterocycles. The van der Waals surface area contributed by atoms with Crippen molar-refractivity contribution >= 4 is 5.91 Å². The highest BCUT2D eigenvalue weighted by molar-refractivity contribution is 5.76. The normalized spacial score (nSPS) is 24.9. The number of amides is 1. The highest BCUT2D eigenvalue weighted by Gasteiger charge is 2.51. The minimum Gasteiger partial charge on any atom is -0.394 e. The zero-order valence-corrected chi connectivity index (χ0v) is 48.7. The number of carbonyl (C=O) groups excluding carboxylic acids is 1. The Labute approximate surface area is 468 Å². The number of unbranched alkanes of at least 4 members (excludes halogenated alkanes) is 34. The van der Waals surface area contributed by atoms with E-state index in [0.717, 1.165) is 32.1 Å². The van der Waals surface area contributed by atoms with E-state index in [4.69, 9.17) is 18.9 Å². The van der Waals surface area contributed by atoms with E-state index in [-0.39, 0.29) is 18.9 Å². The summed E-state index contributed by atoms with van der Waals surface area (Å²) >= 11 is 0. The van der Waals surface area contributed by atoms with E-state index in [9.17, 15) is 45.6 Å². The monoisotopic (exact) mass is 1100 g/mol. The van der Waals surface area contributed by atoms with Crippen LogP contribution in [0.3, 0.4) is 0 Å². The Morgan fingerprint density at radius 1 is 0.455 bits per heavy atom. The quantitative estimate of drug-likeness (QED) is 0.0204. The van der Waals surface area contributed by atoms with Gasteiger partial charge in [-0.25, -0.2) is 0 Å². The number of hydrogen-bond donors (Lipinski definition) is 9. The van der Waals surface area contributed by atoms with Gasteiger partial charge in [-0.05, 0) is 57.8 Å². The van der Waals surface area contributed by atoms with Crippen molar-refractivity contribution in [1.29, 1.82) is 0 Å². The molecule has 9 N–H and O–H groups in total. The average Bonchev–Trinajstić information content (AvgIpc) is 3.44. The Morgan fingerprint density at radius 3 is 1.27 bits per heavy atom. The van der Waals surface area contributed by atoms with Crippen LogP contribution in [-0.2, 0) is 23.7 Å². The first-order chi connectivity index (χ1) is 37.6. The predicted molar refractivity (Wildman–Crippen MR) is 309 cm³/mol. The fraction of sp³-hybridized carbons (Fsp3) is 0.889. The lowest BCUT2D eigenvalue weighted by Gasteiger charge is -2.46. The Kier molecular flexibility index (Phi) is 45.3. The first-order valence-corrected chi connectivity index (χ1v) is 31.7. The van der Waals surface area contributed by atoms with Crippen LogP contribution in [0.2, 0.25) is 0 Å². The van der Waals surface area contributed by atoms with Crippen LogP contribution < -0.4 is 5.32 Å². The van der Waals surface area contributed by atoms with Gasteiger partial charge in [0.05, 0.1) is 32.0 Å². The minimum atomic E-state index is -1.79. The van der Waals surface area contributed by atoms with Gasteiger partial charge in [0.1, 0.15) is 48.8 Å². The third-order valence-corrected chi connectivity index (χ3v) is 15.5. The molecule has 452 valence electrons. The summed E-state index contributed by atoms with van der Waals surface area (Å²) in [5.74, 6) is -0.247. The lowest BCUT2D eigenvalue weighted by atomic mass is 9.97. The van der Waals surface area contributed by atoms with Gasteiger partial charge in [0.15, 0.2) is 12.6 Å². The zero-order chi connectivity index (χ0) is 56.0. The molecule has 1 amide bonds. The smallest absolute Gasteiger partial charge is 0.220 e. The van der Waals surface area contributed by atoms with Crippen LogP contribution in [0, 0.1) is 0 Å². The highest BCUT2D eigenvalue weighted by Crippen LogP contribution is 2.30. The van der Waals surface area contributed by atoms with Gasteiger partial charge in [-0.3, -0.25) is 4.79 Å². The Bertz CT molecular complexity index is 1430. The summed E-state index contributed by atoms with van der Waals surface area (Å²) < 4.78 is 22.7. The van der Waals surface area contributed by atoms with Crippen molar-refractivity contribution in [3.05, 3.63) is 36.5 Å². The lowest BCUT2D eigenvalue weighted by molar-refractivity contribution is -0.359. The molecule has 2 heterocycles. The van der Waals surface area contributed by atoms with Crippen molar-refractivity contribution in [1.82, 2.24) is 5.32 Å². The van der Waals surface area contributed by atoms with Crippen LogP contribution in [0.5, 0.6) is 0 Å². The van der Waals surface area contributed by atoms with Gasteiger partial charge in [0, 0.05) is 6.42 Å². The molecule has 12 atom stereocenters. The van der Waals surface area contributed by atoms with Crippen LogP contribution in [-0.4, -0.2) is 140 Å². The molecule has 2 rings (SSSR count). The van der Waals surface area contributed by atoms with E-state index >= 15 is 0 Å². The average molecular weight is 1100 g/mol. The third-order valence-electron chi connectivity index (χ3n) is 15.5. The number of hydrogen-bond acceptors (Lipinski definition) is 13. The van der Waals surface area contributed by atoms with Crippen molar-refractivity contribution < 1.29 is 64.6 Å². The van der Waals surface area contributed by atoms with E-state index in [1.165, 1.54) is 199 Å².